The monoisotopic (exact) mass is 129 g/mol. The zero-order chi connectivity index (χ0) is 7.44. The molecule has 2 atom stereocenters. The van der Waals surface area contributed by atoms with Gasteiger partial charge in [-0.05, 0) is 33.6 Å². The van der Waals surface area contributed by atoms with Gasteiger partial charge < -0.3 is 4.74 Å². The van der Waals surface area contributed by atoms with E-state index < -0.39 is 0 Å². The van der Waals surface area contributed by atoms with Gasteiger partial charge in [-0.1, -0.05) is 6.92 Å². The highest BCUT2D eigenvalue weighted by atomic mass is 16.5. The maximum absolute atomic E-state index is 5.45. The Morgan fingerprint density at radius 3 is 1.67 bits per heavy atom. The third kappa shape index (κ3) is 4.46. The summed E-state index contributed by atoms with van der Waals surface area (Å²) < 4.78 is 5.45. The number of rotatable bonds is 3. The summed E-state index contributed by atoms with van der Waals surface area (Å²) >= 11 is 0. The van der Waals surface area contributed by atoms with Crippen LogP contribution in [0.2, 0.25) is 0 Å². The SMILES string of the molecule is [CH2]C(C)C(C)OC(C)C. The maximum Gasteiger partial charge on any atom is 0.0576 e. The molecule has 0 bridgehead atoms. The molecule has 1 nitrogen and oxygen atoms in total. The summed E-state index contributed by atoms with van der Waals surface area (Å²) in [4.78, 5) is 0. The first-order valence-corrected chi connectivity index (χ1v) is 3.52. The van der Waals surface area contributed by atoms with Crippen molar-refractivity contribution in [2.45, 2.75) is 39.9 Å². The predicted molar refractivity (Wildman–Crippen MR) is 40.2 cm³/mol. The zero-order valence-corrected chi connectivity index (χ0v) is 6.85. The molecular weight excluding hydrogens is 112 g/mol. The van der Waals surface area contributed by atoms with Crippen LogP contribution in [-0.2, 0) is 4.74 Å². The van der Waals surface area contributed by atoms with Crippen molar-refractivity contribution in [2.24, 2.45) is 5.92 Å². The van der Waals surface area contributed by atoms with E-state index in [1.807, 2.05) is 13.8 Å². The minimum Gasteiger partial charge on any atom is -0.376 e. The van der Waals surface area contributed by atoms with Gasteiger partial charge >= 0.3 is 0 Å². The molecule has 55 valence electrons. The number of hydrogen-bond acceptors (Lipinski definition) is 1. The van der Waals surface area contributed by atoms with E-state index in [0.717, 1.165) is 0 Å². The molecule has 0 aliphatic heterocycles. The lowest BCUT2D eigenvalue weighted by molar-refractivity contribution is -0.000803. The largest absolute Gasteiger partial charge is 0.376 e. The van der Waals surface area contributed by atoms with Crippen molar-refractivity contribution in [2.75, 3.05) is 0 Å². The third-order valence-electron chi connectivity index (χ3n) is 1.29. The Kier molecular flexibility index (Phi) is 3.87. The summed E-state index contributed by atoms with van der Waals surface area (Å²) in [5.41, 5.74) is 0. The summed E-state index contributed by atoms with van der Waals surface area (Å²) in [7, 11) is 0. The molecule has 0 aromatic heterocycles. The van der Waals surface area contributed by atoms with Crippen LogP contribution >= 0.6 is 0 Å². The molecule has 2 unspecified atom stereocenters. The molecular formula is C8H17O. The molecule has 0 aromatic carbocycles. The minimum absolute atomic E-state index is 0.282. The summed E-state index contributed by atoms with van der Waals surface area (Å²) in [6.07, 6.45) is 0.606. The molecule has 0 amide bonds. The molecule has 0 heterocycles. The van der Waals surface area contributed by atoms with E-state index in [0.29, 0.717) is 12.0 Å². The van der Waals surface area contributed by atoms with Crippen molar-refractivity contribution in [3.8, 4) is 0 Å². The smallest absolute Gasteiger partial charge is 0.0576 e. The van der Waals surface area contributed by atoms with Gasteiger partial charge in [0.2, 0.25) is 0 Å². The highest BCUT2D eigenvalue weighted by molar-refractivity contribution is 4.62. The van der Waals surface area contributed by atoms with Gasteiger partial charge in [0.1, 0.15) is 0 Å². The minimum atomic E-state index is 0.282. The molecule has 0 rings (SSSR count). The number of hydrogen-bond donors (Lipinski definition) is 0. The topological polar surface area (TPSA) is 9.23 Å². The second-order valence-corrected chi connectivity index (χ2v) is 2.87. The first-order chi connectivity index (χ1) is 4.04. The van der Waals surface area contributed by atoms with Gasteiger partial charge in [-0.15, -0.1) is 0 Å². The molecule has 1 radical (unpaired) electrons. The van der Waals surface area contributed by atoms with Crippen LogP contribution in [0.3, 0.4) is 0 Å². The Hall–Kier alpha value is -0.0400. The molecule has 9 heavy (non-hydrogen) atoms. The van der Waals surface area contributed by atoms with Gasteiger partial charge in [-0.3, -0.25) is 0 Å². The lowest BCUT2D eigenvalue weighted by Crippen LogP contribution is -2.19. The quantitative estimate of drug-likeness (QED) is 0.568. The number of ether oxygens (including phenoxy) is 1. The van der Waals surface area contributed by atoms with Crippen LogP contribution in [0.25, 0.3) is 0 Å². The lowest BCUT2D eigenvalue weighted by atomic mass is 10.1. The van der Waals surface area contributed by atoms with E-state index in [1.54, 1.807) is 0 Å². The summed E-state index contributed by atoms with van der Waals surface area (Å²) in [6.45, 7) is 12.1. The van der Waals surface area contributed by atoms with Gasteiger partial charge in [0.25, 0.3) is 0 Å². The van der Waals surface area contributed by atoms with Gasteiger partial charge in [-0.2, -0.15) is 0 Å². The van der Waals surface area contributed by atoms with Crippen molar-refractivity contribution in [1.82, 2.24) is 0 Å². The maximum atomic E-state index is 5.45. The molecule has 0 aromatic rings. The molecule has 0 saturated heterocycles. The fourth-order valence-electron chi connectivity index (χ4n) is 0.563. The van der Waals surface area contributed by atoms with E-state index in [4.69, 9.17) is 4.74 Å². The Labute approximate surface area is 58.4 Å². The Morgan fingerprint density at radius 1 is 1.11 bits per heavy atom. The summed E-state index contributed by atoms with van der Waals surface area (Å²) in [5.74, 6) is 0.382. The van der Waals surface area contributed by atoms with Crippen LogP contribution in [-0.4, -0.2) is 12.2 Å². The normalized spacial score (nSPS) is 15.0. The Morgan fingerprint density at radius 2 is 1.56 bits per heavy atom. The van der Waals surface area contributed by atoms with Gasteiger partial charge in [0.15, 0.2) is 0 Å². The first kappa shape index (κ1) is 8.96. The van der Waals surface area contributed by atoms with Crippen molar-refractivity contribution in [1.29, 1.82) is 0 Å². The van der Waals surface area contributed by atoms with E-state index in [1.165, 1.54) is 0 Å². The Bertz CT molecular complexity index is 67.0. The molecule has 0 saturated carbocycles. The average Bonchev–Trinajstić information content (AvgIpc) is 1.63. The lowest BCUT2D eigenvalue weighted by Gasteiger charge is -2.18. The van der Waals surface area contributed by atoms with E-state index in [-0.39, 0.29) is 6.10 Å². The fraction of sp³-hybridized carbons (Fsp3) is 0.875. The van der Waals surface area contributed by atoms with Crippen molar-refractivity contribution >= 4 is 0 Å². The van der Waals surface area contributed by atoms with Crippen molar-refractivity contribution < 1.29 is 4.74 Å². The average molecular weight is 129 g/mol. The van der Waals surface area contributed by atoms with Crippen molar-refractivity contribution in [3.05, 3.63) is 6.92 Å². The van der Waals surface area contributed by atoms with Gasteiger partial charge in [0.05, 0.1) is 12.2 Å². The van der Waals surface area contributed by atoms with Crippen LogP contribution in [0.4, 0.5) is 0 Å². The van der Waals surface area contributed by atoms with Crippen LogP contribution in [0.15, 0.2) is 0 Å². The van der Waals surface area contributed by atoms with E-state index in [2.05, 4.69) is 20.8 Å². The highest BCUT2D eigenvalue weighted by Crippen LogP contribution is 2.06. The summed E-state index contributed by atoms with van der Waals surface area (Å²) in [6, 6.07) is 0. The van der Waals surface area contributed by atoms with Crippen LogP contribution in [0, 0.1) is 12.8 Å². The Balaban J connectivity index is 3.38. The molecule has 0 aliphatic rings. The van der Waals surface area contributed by atoms with Crippen LogP contribution in [0.1, 0.15) is 27.7 Å². The van der Waals surface area contributed by atoms with Gasteiger partial charge in [0, 0.05) is 0 Å². The summed E-state index contributed by atoms with van der Waals surface area (Å²) in [5, 5.41) is 0. The van der Waals surface area contributed by atoms with E-state index >= 15 is 0 Å². The molecule has 0 fully saturated rings. The molecule has 0 N–H and O–H groups in total. The fourth-order valence-corrected chi connectivity index (χ4v) is 0.563. The standard InChI is InChI=1S/C8H17O/c1-6(2)8(5)9-7(3)4/h6-8H,1H2,2-5H3. The highest BCUT2D eigenvalue weighted by Gasteiger charge is 2.07. The molecule has 0 spiro atoms. The zero-order valence-electron chi connectivity index (χ0n) is 6.85. The first-order valence-electron chi connectivity index (χ1n) is 3.52. The van der Waals surface area contributed by atoms with Crippen LogP contribution in [0.5, 0.6) is 0 Å². The molecule has 1 heteroatoms. The van der Waals surface area contributed by atoms with Crippen molar-refractivity contribution in [3.63, 3.8) is 0 Å². The van der Waals surface area contributed by atoms with Crippen LogP contribution < -0.4 is 0 Å². The van der Waals surface area contributed by atoms with E-state index in [9.17, 15) is 0 Å². The second-order valence-electron chi connectivity index (χ2n) is 2.87. The third-order valence-corrected chi connectivity index (χ3v) is 1.29. The second kappa shape index (κ2) is 3.89. The molecule has 0 aliphatic carbocycles. The predicted octanol–water partition coefficient (Wildman–Crippen LogP) is 2.27. The van der Waals surface area contributed by atoms with Gasteiger partial charge in [-0.25, -0.2) is 0 Å².